The minimum Gasteiger partial charge on any atom is -0.481 e. The molecule has 3 N–H and O–H groups in total. The maximum Gasteiger partial charge on any atom is 0.307 e. The summed E-state index contributed by atoms with van der Waals surface area (Å²) in [4.78, 5) is 11.2. The molecule has 0 radical (unpaired) electrons. The number of rotatable bonds is 4. The maximum atomic E-state index is 11.2. The summed E-state index contributed by atoms with van der Waals surface area (Å²) < 4.78 is 0. The van der Waals surface area contributed by atoms with Gasteiger partial charge in [-0.2, -0.15) is 0 Å². The Bertz CT molecular complexity index is 472. The summed E-state index contributed by atoms with van der Waals surface area (Å²) in [7, 11) is 0. The lowest BCUT2D eigenvalue weighted by molar-refractivity contribution is -0.145. The second-order valence-electron chi connectivity index (χ2n) is 4.65. The van der Waals surface area contributed by atoms with E-state index in [2.05, 4.69) is 5.32 Å². The molecular formula is C14H16ClNO3. The largest absolute Gasteiger partial charge is 0.481 e. The van der Waals surface area contributed by atoms with Gasteiger partial charge in [-0.05, 0) is 37.1 Å². The second kappa shape index (κ2) is 6.08. The molecule has 3 unspecified atom stereocenters. The van der Waals surface area contributed by atoms with Crippen LogP contribution in [0.25, 0.3) is 0 Å². The molecule has 0 aliphatic heterocycles. The van der Waals surface area contributed by atoms with Crippen molar-refractivity contribution in [3.63, 3.8) is 0 Å². The van der Waals surface area contributed by atoms with E-state index in [4.69, 9.17) is 16.7 Å². The standard InChI is InChI=1S/C14H16ClNO3/c15-9-5-7-10(8-6-9)16-13(17)11-3-1-2-4-12(11)14(18)19/h1-2,5-8,11-13,16-17H,3-4H2,(H,18,19). The number of carbonyl (C=O) groups is 1. The van der Waals surface area contributed by atoms with Crippen LogP contribution in [0.5, 0.6) is 0 Å². The fraction of sp³-hybridized carbons (Fsp3) is 0.357. The van der Waals surface area contributed by atoms with Crippen molar-refractivity contribution in [1.82, 2.24) is 0 Å². The van der Waals surface area contributed by atoms with Crippen LogP contribution in [0, 0.1) is 11.8 Å². The van der Waals surface area contributed by atoms with E-state index in [1.54, 1.807) is 24.3 Å². The highest BCUT2D eigenvalue weighted by atomic mass is 35.5. The van der Waals surface area contributed by atoms with Crippen molar-refractivity contribution < 1.29 is 15.0 Å². The van der Waals surface area contributed by atoms with Crippen LogP contribution in [-0.4, -0.2) is 22.4 Å². The van der Waals surface area contributed by atoms with Gasteiger partial charge in [-0.3, -0.25) is 4.79 Å². The Morgan fingerprint density at radius 2 is 1.89 bits per heavy atom. The number of aliphatic hydroxyl groups excluding tert-OH is 1. The molecule has 0 bridgehead atoms. The minimum absolute atomic E-state index is 0.335. The number of halogens is 1. The van der Waals surface area contributed by atoms with E-state index >= 15 is 0 Å². The molecule has 1 aliphatic rings. The predicted octanol–water partition coefficient (Wildman–Crippen LogP) is 2.74. The molecule has 1 aromatic carbocycles. The summed E-state index contributed by atoms with van der Waals surface area (Å²) >= 11 is 5.78. The van der Waals surface area contributed by atoms with Gasteiger partial charge in [0.15, 0.2) is 0 Å². The first kappa shape index (κ1) is 13.9. The Labute approximate surface area is 116 Å². The number of hydrogen-bond donors (Lipinski definition) is 3. The van der Waals surface area contributed by atoms with E-state index < -0.39 is 18.1 Å². The molecule has 0 amide bonds. The topological polar surface area (TPSA) is 69.6 Å². The third-order valence-corrected chi connectivity index (χ3v) is 3.62. The molecule has 2 rings (SSSR count). The first-order chi connectivity index (χ1) is 9.08. The summed E-state index contributed by atoms with van der Waals surface area (Å²) in [6.07, 6.45) is 3.88. The van der Waals surface area contributed by atoms with Crippen LogP contribution in [-0.2, 0) is 4.79 Å². The van der Waals surface area contributed by atoms with Gasteiger partial charge in [-0.25, -0.2) is 0 Å². The van der Waals surface area contributed by atoms with Crippen molar-refractivity contribution in [3.8, 4) is 0 Å². The van der Waals surface area contributed by atoms with Crippen LogP contribution in [0.1, 0.15) is 12.8 Å². The normalized spacial score (nSPS) is 23.9. The molecule has 0 spiro atoms. The third-order valence-electron chi connectivity index (χ3n) is 3.36. The molecule has 4 nitrogen and oxygen atoms in total. The predicted molar refractivity (Wildman–Crippen MR) is 74.1 cm³/mol. The molecule has 0 saturated heterocycles. The summed E-state index contributed by atoms with van der Waals surface area (Å²) in [5, 5.41) is 22.9. The molecule has 0 heterocycles. The highest BCUT2D eigenvalue weighted by Gasteiger charge is 2.33. The fourth-order valence-corrected chi connectivity index (χ4v) is 2.42. The average Bonchev–Trinajstić information content (AvgIpc) is 2.41. The average molecular weight is 282 g/mol. The number of nitrogens with one attached hydrogen (secondary N) is 1. The highest BCUT2D eigenvalue weighted by Crippen LogP contribution is 2.29. The molecule has 0 fully saturated rings. The molecule has 1 aromatic rings. The number of allylic oxidation sites excluding steroid dienone is 2. The number of aliphatic hydroxyl groups is 1. The summed E-state index contributed by atoms with van der Waals surface area (Å²) in [6.45, 7) is 0. The van der Waals surface area contributed by atoms with Crippen molar-refractivity contribution in [3.05, 3.63) is 41.4 Å². The summed E-state index contributed by atoms with van der Waals surface area (Å²) in [6, 6.07) is 6.93. The van der Waals surface area contributed by atoms with Gasteiger partial charge >= 0.3 is 5.97 Å². The molecule has 0 aromatic heterocycles. The molecule has 5 heteroatoms. The van der Waals surface area contributed by atoms with Crippen molar-refractivity contribution >= 4 is 23.3 Å². The minimum atomic E-state index is -0.896. The van der Waals surface area contributed by atoms with E-state index in [9.17, 15) is 9.90 Å². The van der Waals surface area contributed by atoms with Crippen molar-refractivity contribution in [1.29, 1.82) is 0 Å². The Hall–Kier alpha value is -1.52. The van der Waals surface area contributed by atoms with Crippen LogP contribution in [0.15, 0.2) is 36.4 Å². The van der Waals surface area contributed by atoms with Crippen LogP contribution in [0.2, 0.25) is 5.02 Å². The summed E-state index contributed by atoms with van der Waals surface area (Å²) in [5.41, 5.74) is 0.718. The fourth-order valence-electron chi connectivity index (χ4n) is 2.29. The van der Waals surface area contributed by atoms with E-state index in [1.807, 2.05) is 12.2 Å². The van der Waals surface area contributed by atoms with Gasteiger partial charge in [0.2, 0.25) is 0 Å². The highest BCUT2D eigenvalue weighted by molar-refractivity contribution is 6.30. The number of benzene rings is 1. The Morgan fingerprint density at radius 3 is 2.53 bits per heavy atom. The van der Waals surface area contributed by atoms with Gasteiger partial charge in [0, 0.05) is 16.6 Å². The van der Waals surface area contributed by atoms with Crippen LogP contribution in [0.3, 0.4) is 0 Å². The Kier molecular flexibility index (Phi) is 4.45. The van der Waals surface area contributed by atoms with E-state index in [-0.39, 0.29) is 5.92 Å². The smallest absolute Gasteiger partial charge is 0.307 e. The quantitative estimate of drug-likeness (QED) is 0.586. The lowest BCUT2D eigenvalue weighted by Crippen LogP contribution is -2.38. The lowest BCUT2D eigenvalue weighted by atomic mass is 9.82. The first-order valence-electron chi connectivity index (χ1n) is 6.16. The maximum absolute atomic E-state index is 11.2. The van der Waals surface area contributed by atoms with E-state index in [0.29, 0.717) is 17.9 Å². The number of carboxylic acids is 1. The van der Waals surface area contributed by atoms with Gasteiger partial charge in [0.05, 0.1) is 5.92 Å². The van der Waals surface area contributed by atoms with Gasteiger partial charge in [0.1, 0.15) is 6.23 Å². The lowest BCUT2D eigenvalue weighted by Gasteiger charge is -2.30. The molecule has 1 aliphatic carbocycles. The van der Waals surface area contributed by atoms with Crippen LogP contribution < -0.4 is 5.32 Å². The van der Waals surface area contributed by atoms with Gasteiger partial charge in [0.25, 0.3) is 0 Å². The van der Waals surface area contributed by atoms with Gasteiger partial charge in [-0.1, -0.05) is 23.8 Å². The van der Waals surface area contributed by atoms with E-state index in [0.717, 1.165) is 5.69 Å². The van der Waals surface area contributed by atoms with Crippen LogP contribution in [0.4, 0.5) is 5.69 Å². The third kappa shape index (κ3) is 3.49. The van der Waals surface area contributed by atoms with Gasteiger partial charge < -0.3 is 15.5 Å². The van der Waals surface area contributed by atoms with Crippen molar-refractivity contribution in [2.24, 2.45) is 11.8 Å². The zero-order valence-corrected chi connectivity index (χ0v) is 11.0. The first-order valence-corrected chi connectivity index (χ1v) is 6.53. The Balaban J connectivity index is 2.05. The zero-order chi connectivity index (χ0) is 13.8. The number of aliphatic carboxylic acids is 1. The molecule has 102 valence electrons. The SMILES string of the molecule is O=C(O)C1CC=CCC1C(O)Nc1ccc(Cl)cc1. The van der Waals surface area contributed by atoms with E-state index in [1.165, 1.54) is 0 Å². The molecule has 19 heavy (non-hydrogen) atoms. The number of carboxylic acid groups (broad SMARTS) is 1. The molecule has 0 saturated carbocycles. The van der Waals surface area contributed by atoms with Crippen LogP contribution >= 0.6 is 11.6 Å². The van der Waals surface area contributed by atoms with Crippen molar-refractivity contribution in [2.75, 3.05) is 5.32 Å². The zero-order valence-electron chi connectivity index (χ0n) is 10.3. The number of anilines is 1. The monoisotopic (exact) mass is 281 g/mol. The Morgan fingerprint density at radius 1 is 1.26 bits per heavy atom. The molecular weight excluding hydrogens is 266 g/mol. The second-order valence-corrected chi connectivity index (χ2v) is 5.08. The van der Waals surface area contributed by atoms with Crippen molar-refractivity contribution in [2.45, 2.75) is 19.1 Å². The molecule has 3 atom stereocenters. The number of hydrogen-bond acceptors (Lipinski definition) is 3. The summed E-state index contributed by atoms with van der Waals surface area (Å²) in [5.74, 6) is -1.76. The van der Waals surface area contributed by atoms with Gasteiger partial charge in [-0.15, -0.1) is 0 Å².